The molecule has 1 aliphatic heterocycles. The first kappa shape index (κ1) is 10.6. The van der Waals surface area contributed by atoms with Crippen molar-refractivity contribution in [3.05, 3.63) is 17.0 Å². The van der Waals surface area contributed by atoms with Crippen LogP contribution in [0.5, 0.6) is 0 Å². The van der Waals surface area contributed by atoms with Crippen molar-refractivity contribution in [2.24, 2.45) is 0 Å². The van der Waals surface area contributed by atoms with E-state index in [9.17, 15) is 0 Å². The number of aromatic nitrogens is 2. The maximum atomic E-state index is 4.23. The molecule has 0 amide bonds. The van der Waals surface area contributed by atoms with Gasteiger partial charge >= 0.3 is 0 Å². The highest BCUT2D eigenvalue weighted by molar-refractivity contribution is 5.22. The number of aryl methyl sites for hydroxylation is 2. The second kappa shape index (κ2) is 4.33. The lowest BCUT2D eigenvalue weighted by molar-refractivity contribution is 0.199. The van der Waals surface area contributed by atoms with Crippen molar-refractivity contribution in [1.29, 1.82) is 0 Å². The van der Waals surface area contributed by atoms with E-state index in [4.69, 9.17) is 0 Å². The van der Waals surface area contributed by atoms with Crippen LogP contribution in [-0.2, 0) is 6.54 Å². The normalized spacial score (nSPS) is 23.3. The van der Waals surface area contributed by atoms with Gasteiger partial charge in [-0.1, -0.05) is 0 Å². The lowest BCUT2D eigenvalue weighted by Crippen LogP contribution is -2.48. The maximum absolute atomic E-state index is 4.23. The molecule has 1 aromatic heterocycles. The molecule has 1 aliphatic rings. The summed E-state index contributed by atoms with van der Waals surface area (Å²) in [5.74, 6) is 0. The maximum Gasteiger partial charge on any atom is 0.0639 e. The molecule has 1 atom stereocenters. The Labute approximate surface area is 91.1 Å². The number of aromatic amines is 1. The van der Waals surface area contributed by atoms with Gasteiger partial charge in [-0.05, 0) is 20.8 Å². The van der Waals surface area contributed by atoms with Gasteiger partial charge in [-0.3, -0.25) is 10.00 Å². The Balaban J connectivity index is 2.02. The molecule has 2 N–H and O–H groups in total. The second-order valence-electron chi connectivity index (χ2n) is 4.50. The molecule has 1 aromatic rings. The van der Waals surface area contributed by atoms with Gasteiger partial charge < -0.3 is 5.32 Å². The summed E-state index contributed by atoms with van der Waals surface area (Å²) in [6.07, 6.45) is 0. The van der Waals surface area contributed by atoms with Gasteiger partial charge in [0.2, 0.25) is 0 Å². The molecule has 1 fully saturated rings. The summed E-state index contributed by atoms with van der Waals surface area (Å²) < 4.78 is 0. The molecular formula is C11H20N4. The summed E-state index contributed by atoms with van der Waals surface area (Å²) in [7, 11) is 0. The first-order valence-electron chi connectivity index (χ1n) is 5.63. The summed E-state index contributed by atoms with van der Waals surface area (Å²) in [4.78, 5) is 2.49. The van der Waals surface area contributed by atoms with Gasteiger partial charge in [-0.15, -0.1) is 0 Å². The molecule has 0 bridgehead atoms. The smallest absolute Gasteiger partial charge is 0.0639 e. The number of hydrogen-bond acceptors (Lipinski definition) is 3. The van der Waals surface area contributed by atoms with Crippen LogP contribution in [-0.4, -0.2) is 40.8 Å². The highest BCUT2D eigenvalue weighted by Gasteiger charge is 2.17. The van der Waals surface area contributed by atoms with Gasteiger partial charge in [0.25, 0.3) is 0 Å². The van der Waals surface area contributed by atoms with E-state index in [1.165, 1.54) is 11.3 Å². The van der Waals surface area contributed by atoms with E-state index in [1.54, 1.807) is 0 Å². The van der Waals surface area contributed by atoms with Gasteiger partial charge in [0, 0.05) is 43.5 Å². The Bertz CT molecular complexity index is 312. The largest absolute Gasteiger partial charge is 0.312 e. The Morgan fingerprint density at radius 1 is 1.47 bits per heavy atom. The average molecular weight is 208 g/mol. The summed E-state index contributed by atoms with van der Waals surface area (Å²) in [5, 5.41) is 10.7. The van der Waals surface area contributed by atoms with Crippen LogP contribution in [0.1, 0.15) is 23.9 Å². The molecule has 15 heavy (non-hydrogen) atoms. The molecule has 0 aliphatic carbocycles. The van der Waals surface area contributed by atoms with E-state index in [0.717, 1.165) is 31.9 Å². The zero-order valence-corrected chi connectivity index (χ0v) is 9.80. The van der Waals surface area contributed by atoms with Crippen LogP contribution < -0.4 is 5.32 Å². The highest BCUT2D eigenvalue weighted by atomic mass is 15.2. The van der Waals surface area contributed by atoms with E-state index in [-0.39, 0.29) is 0 Å². The van der Waals surface area contributed by atoms with Crippen LogP contribution in [0.2, 0.25) is 0 Å². The summed E-state index contributed by atoms with van der Waals surface area (Å²) in [5.41, 5.74) is 3.71. The minimum Gasteiger partial charge on any atom is -0.312 e. The van der Waals surface area contributed by atoms with Crippen molar-refractivity contribution in [2.45, 2.75) is 33.4 Å². The van der Waals surface area contributed by atoms with E-state index in [2.05, 4.69) is 41.2 Å². The molecule has 1 saturated heterocycles. The van der Waals surface area contributed by atoms with Crippen LogP contribution in [0, 0.1) is 13.8 Å². The Morgan fingerprint density at radius 2 is 2.27 bits per heavy atom. The molecule has 0 radical (unpaired) electrons. The molecule has 0 saturated carbocycles. The molecule has 84 valence electrons. The topological polar surface area (TPSA) is 44.0 Å². The number of hydrogen-bond donors (Lipinski definition) is 2. The van der Waals surface area contributed by atoms with E-state index < -0.39 is 0 Å². The predicted octanol–water partition coefficient (Wildman–Crippen LogP) is 0.820. The number of piperazine rings is 1. The number of rotatable bonds is 2. The summed E-state index contributed by atoms with van der Waals surface area (Å²) in [6, 6.07) is 0.603. The fourth-order valence-corrected chi connectivity index (χ4v) is 2.19. The molecule has 0 spiro atoms. The zero-order valence-electron chi connectivity index (χ0n) is 9.80. The first-order chi connectivity index (χ1) is 7.16. The summed E-state index contributed by atoms with van der Waals surface area (Å²) in [6.45, 7) is 10.8. The highest BCUT2D eigenvalue weighted by Crippen LogP contribution is 2.13. The van der Waals surface area contributed by atoms with Crippen molar-refractivity contribution < 1.29 is 0 Å². The van der Waals surface area contributed by atoms with Gasteiger partial charge in [0.15, 0.2) is 0 Å². The molecule has 0 aromatic carbocycles. The number of H-pyrrole nitrogens is 1. The molecule has 4 heteroatoms. The van der Waals surface area contributed by atoms with Gasteiger partial charge in [-0.25, -0.2) is 0 Å². The lowest BCUT2D eigenvalue weighted by atomic mass is 10.1. The molecule has 1 unspecified atom stereocenters. The zero-order chi connectivity index (χ0) is 10.8. The predicted molar refractivity (Wildman–Crippen MR) is 60.8 cm³/mol. The molecule has 2 rings (SSSR count). The van der Waals surface area contributed by atoms with E-state index in [0.29, 0.717) is 6.04 Å². The third-order valence-electron chi connectivity index (χ3n) is 3.12. The van der Waals surface area contributed by atoms with E-state index in [1.807, 2.05) is 0 Å². The van der Waals surface area contributed by atoms with Crippen LogP contribution in [0.25, 0.3) is 0 Å². The lowest BCUT2D eigenvalue weighted by Gasteiger charge is -2.31. The van der Waals surface area contributed by atoms with Crippen LogP contribution in [0.4, 0.5) is 0 Å². The van der Waals surface area contributed by atoms with Crippen molar-refractivity contribution in [2.75, 3.05) is 19.6 Å². The van der Waals surface area contributed by atoms with Crippen LogP contribution in [0.15, 0.2) is 0 Å². The first-order valence-corrected chi connectivity index (χ1v) is 5.63. The molecular weight excluding hydrogens is 188 g/mol. The van der Waals surface area contributed by atoms with Crippen molar-refractivity contribution in [1.82, 2.24) is 20.4 Å². The van der Waals surface area contributed by atoms with Gasteiger partial charge in [0.1, 0.15) is 0 Å². The molecule has 2 heterocycles. The van der Waals surface area contributed by atoms with Crippen molar-refractivity contribution >= 4 is 0 Å². The third kappa shape index (κ3) is 2.38. The van der Waals surface area contributed by atoms with Crippen LogP contribution >= 0.6 is 0 Å². The second-order valence-corrected chi connectivity index (χ2v) is 4.50. The van der Waals surface area contributed by atoms with E-state index >= 15 is 0 Å². The minimum absolute atomic E-state index is 0.603. The fraction of sp³-hybridized carbons (Fsp3) is 0.727. The minimum atomic E-state index is 0.603. The number of nitrogens with zero attached hydrogens (tertiary/aromatic N) is 2. The molecule has 4 nitrogen and oxygen atoms in total. The third-order valence-corrected chi connectivity index (χ3v) is 3.12. The fourth-order valence-electron chi connectivity index (χ4n) is 2.19. The van der Waals surface area contributed by atoms with Crippen LogP contribution in [0.3, 0.4) is 0 Å². The van der Waals surface area contributed by atoms with Gasteiger partial charge in [0.05, 0.1) is 5.69 Å². The van der Waals surface area contributed by atoms with Gasteiger partial charge in [-0.2, -0.15) is 5.10 Å². The Hall–Kier alpha value is -0.870. The average Bonchev–Trinajstić information content (AvgIpc) is 2.50. The number of nitrogens with one attached hydrogen (secondary N) is 2. The Morgan fingerprint density at radius 3 is 2.87 bits per heavy atom. The quantitative estimate of drug-likeness (QED) is 0.756. The summed E-state index contributed by atoms with van der Waals surface area (Å²) >= 11 is 0. The monoisotopic (exact) mass is 208 g/mol. The SMILES string of the molecule is Cc1n[nH]c(C)c1CN1CCNC(C)C1. The van der Waals surface area contributed by atoms with Crippen molar-refractivity contribution in [3.8, 4) is 0 Å². The van der Waals surface area contributed by atoms with Crippen molar-refractivity contribution in [3.63, 3.8) is 0 Å². The Kier molecular flexibility index (Phi) is 3.07. The standard InChI is InChI=1S/C11H20N4/c1-8-6-15(5-4-12-8)7-11-9(2)13-14-10(11)3/h8,12H,4-7H2,1-3H3,(H,13,14).